The summed E-state index contributed by atoms with van der Waals surface area (Å²) < 4.78 is 5.32. The monoisotopic (exact) mass is 284 g/mol. The number of para-hydroxylation sites is 1. The van der Waals surface area contributed by atoms with Gasteiger partial charge in [0.25, 0.3) is 5.91 Å². The highest BCUT2D eigenvalue weighted by molar-refractivity contribution is 5.94. The zero-order valence-corrected chi connectivity index (χ0v) is 12.6. The second kappa shape index (κ2) is 6.79. The third-order valence-electron chi connectivity index (χ3n) is 3.37. The van der Waals surface area contributed by atoms with E-state index in [9.17, 15) is 4.79 Å². The molecular formula is C17H20N2O2. The van der Waals surface area contributed by atoms with E-state index in [4.69, 9.17) is 4.74 Å². The number of carbonyl (C=O) groups excluding carboxylic acids is 1. The molecule has 0 heterocycles. The first-order valence-electron chi connectivity index (χ1n) is 6.81. The van der Waals surface area contributed by atoms with E-state index in [1.165, 1.54) is 0 Å². The molecule has 0 aliphatic rings. The summed E-state index contributed by atoms with van der Waals surface area (Å²) >= 11 is 0. The van der Waals surface area contributed by atoms with Gasteiger partial charge >= 0.3 is 0 Å². The standard InChI is InChI=1S/C17H20N2O2/c1-18-15-10-8-13(9-11-15)17(20)19(2)12-14-6-4-5-7-16(14)21-3/h4-11,18H,12H2,1-3H3. The minimum Gasteiger partial charge on any atom is -0.496 e. The van der Waals surface area contributed by atoms with Crippen LogP contribution in [-0.4, -0.2) is 32.0 Å². The van der Waals surface area contributed by atoms with Crippen LogP contribution in [0.5, 0.6) is 5.75 Å². The molecule has 21 heavy (non-hydrogen) atoms. The minimum atomic E-state index is -0.0106. The number of nitrogens with one attached hydrogen (secondary N) is 1. The fourth-order valence-electron chi connectivity index (χ4n) is 2.16. The number of carbonyl (C=O) groups is 1. The van der Waals surface area contributed by atoms with Gasteiger partial charge in [-0.1, -0.05) is 18.2 Å². The number of rotatable bonds is 5. The molecule has 0 aromatic heterocycles. The first-order chi connectivity index (χ1) is 10.2. The Kier molecular flexibility index (Phi) is 4.82. The van der Waals surface area contributed by atoms with Crippen LogP contribution in [0.4, 0.5) is 5.69 Å². The van der Waals surface area contributed by atoms with Gasteiger partial charge in [-0.25, -0.2) is 0 Å². The van der Waals surface area contributed by atoms with Gasteiger partial charge < -0.3 is 15.0 Å². The van der Waals surface area contributed by atoms with Crippen LogP contribution in [0, 0.1) is 0 Å². The minimum absolute atomic E-state index is 0.0106. The lowest BCUT2D eigenvalue weighted by atomic mass is 10.1. The molecule has 110 valence electrons. The Bertz CT molecular complexity index is 608. The van der Waals surface area contributed by atoms with Crippen molar-refractivity contribution in [3.05, 3.63) is 59.7 Å². The van der Waals surface area contributed by atoms with Crippen molar-refractivity contribution in [3.63, 3.8) is 0 Å². The SMILES string of the molecule is CNc1ccc(C(=O)N(C)Cc2ccccc2OC)cc1. The summed E-state index contributed by atoms with van der Waals surface area (Å²) in [6, 6.07) is 15.2. The average molecular weight is 284 g/mol. The summed E-state index contributed by atoms with van der Waals surface area (Å²) in [5, 5.41) is 3.04. The number of nitrogens with zero attached hydrogens (tertiary/aromatic N) is 1. The lowest BCUT2D eigenvalue weighted by Gasteiger charge is -2.19. The van der Waals surface area contributed by atoms with Crippen LogP contribution in [0.25, 0.3) is 0 Å². The molecule has 2 rings (SSSR count). The summed E-state index contributed by atoms with van der Waals surface area (Å²) in [5.74, 6) is 0.784. The highest BCUT2D eigenvalue weighted by Gasteiger charge is 2.13. The van der Waals surface area contributed by atoms with Crippen LogP contribution in [0.3, 0.4) is 0 Å². The van der Waals surface area contributed by atoms with Crippen LogP contribution < -0.4 is 10.1 Å². The lowest BCUT2D eigenvalue weighted by molar-refractivity contribution is 0.0784. The molecule has 0 saturated carbocycles. The first-order valence-corrected chi connectivity index (χ1v) is 6.81. The summed E-state index contributed by atoms with van der Waals surface area (Å²) in [7, 11) is 5.28. The van der Waals surface area contributed by atoms with Gasteiger partial charge in [0.15, 0.2) is 0 Å². The Hall–Kier alpha value is -2.49. The highest BCUT2D eigenvalue weighted by Crippen LogP contribution is 2.20. The molecule has 2 aromatic rings. The third kappa shape index (κ3) is 3.54. The van der Waals surface area contributed by atoms with Crippen LogP contribution in [0.15, 0.2) is 48.5 Å². The molecule has 4 heteroatoms. The summed E-state index contributed by atoms with van der Waals surface area (Å²) in [4.78, 5) is 14.1. The molecule has 4 nitrogen and oxygen atoms in total. The molecule has 0 atom stereocenters. The fourth-order valence-corrected chi connectivity index (χ4v) is 2.16. The van der Waals surface area contributed by atoms with Crippen molar-refractivity contribution in [2.75, 3.05) is 26.5 Å². The van der Waals surface area contributed by atoms with Gasteiger partial charge in [0.05, 0.1) is 7.11 Å². The van der Waals surface area contributed by atoms with E-state index in [1.807, 2.05) is 55.6 Å². The predicted molar refractivity (Wildman–Crippen MR) is 84.8 cm³/mol. The molecular weight excluding hydrogens is 264 g/mol. The topological polar surface area (TPSA) is 41.6 Å². The smallest absolute Gasteiger partial charge is 0.253 e. The van der Waals surface area contributed by atoms with E-state index in [0.717, 1.165) is 17.0 Å². The summed E-state index contributed by atoms with van der Waals surface area (Å²) in [6.07, 6.45) is 0. The van der Waals surface area contributed by atoms with E-state index < -0.39 is 0 Å². The van der Waals surface area contributed by atoms with Crippen molar-refractivity contribution in [1.82, 2.24) is 4.90 Å². The van der Waals surface area contributed by atoms with Gasteiger partial charge in [-0.3, -0.25) is 4.79 Å². The molecule has 0 spiro atoms. The zero-order valence-electron chi connectivity index (χ0n) is 12.6. The van der Waals surface area contributed by atoms with Crippen LogP contribution in [0.2, 0.25) is 0 Å². The van der Waals surface area contributed by atoms with Gasteiger partial charge in [-0.05, 0) is 30.3 Å². The average Bonchev–Trinajstić information content (AvgIpc) is 2.54. The molecule has 1 amide bonds. The molecule has 0 aliphatic heterocycles. The highest BCUT2D eigenvalue weighted by atomic mass is 16.5. The normalized spacial score (nSPS) is 10.0. The van der Waals surface area contributed by atoms with Crippen LogP contribution in [0.1, 0.15) is 15.9 Å². The van der Waals surface area contributed by atoms with E-state index >= 15 is 0 Å². The lowest BCUT2D eigenvalue weighted by Crippen LogP contribution is -2.26. The number of hydrogen-bond donors (Lipinski definition) is 1. The van der Waals surface area contributed by atoms with Crippen molar-refractivity contribution < 1.29 is 9.53 Å². The molecule has 0 fully saturated rings. The zero-order chi connectivity index (χ0) is 15.2. The number of amides is 1. The Morgan fingerprint density at radius 1 is 1.14 bits per heavy atom. The molecule has 0 unspecified atom stereocenters. The van der Waals surface area contributed by atoms with Gasteiger partial charge in [-0.15, -0.1) is 0 Å². The maximum atomic E-state index is 12.4. The van der Waals surface area contributed by atoms with Gasteiger partial charge in [0, 0.05) is 37.5 Å². The maximum absolute atomic E-state index is 12.4. The molecule has 0 aliphatic carbocycles. The van der Waals surface area contributed by atoms with E-state index in [0.29, 0.717) is 12.1 Å². The van der Waals surface area contributed by atoms with E-state index in [-0.39, 0.29) is 5.91 Å². The number of ether oxygens (including phenoxy) is 1. The van der Waals surface area contributed by atoms with Crippen molar-refractivity contribution in [2.24, 2.45) is 0 Å². The van der Waals surface area contributed by atoms with Crippen molar-refractivity contribution in [3.8, 4) is 5.75 Å². The van der Waals surface area contributed by atoms with Crippen molar-refractivity contribution >= 4 is 11.6 Å². The summed E-state index contributed by atoms with van der Waals surface area (Å²) in [6.45, 7) is 0.511. The number of anilines is 1. The van der Waals surface area contributed by atoms with Crippen LogP contribution >= 0.6 is 0 Å². The number of methoxy groups -OCH3 is 1. The third-order valence-corrected chi connectivity index (χ3v) is 3.37. The van der Waals surface area contributed by atoms with Gasteiger partial charge in [-0.2, -0.15) is 0 Å². The maximum Gasteiger partial charge on any atom is 0.253 e. The fraction of sp³-hybridized carbons (Fsp3) is 0.235. The van der Waals surface area contributed by atoms with Gasteiger partial charge in [0.2, 0.25) is 0 Å². The van der Waals surface area contributed by atoms with Crippen molar-refractivity contribution in [2.45, 2.75) is 6.54 Å². The van der Waals surface area contributed by atoms with E-state index in [1.54, 1.807) is 19.1 Å². The molecule has 2 aromatic carbocycles. The number of benzene rings is 2. The quantitative estimate of drug-likeness (QED) is 0.917. The molecule has 0 bridgehead atoms. The molecule has 0 saturated heterocycles. The Morgan fingerprint density at radius 3 is 2.43 bits per heavy atom. The number of hydrogen-bond acceptors (Lipinski definition) is 3. The van der Waals surface area contributed by atoms with Gasteiger partial charge in [0.1, 0.15) is 5.75 Å². The first kappa shape index (κ1) is 14.9. The predicted octanol–water partition coefficient (Wildman–Crippen LogP) is 3.01. The van der Waals surface area contributed by atoms with E-state index in [2.05, 4.69) is 5.32 Å². The van der Waals surface area contributed by atoms with Crippen LogP contribution in [-0.2, 0) is 6.54 Å². The second-order valence-corrected chi connectivity index (χ2v) is 4.80. The second-order valence-electron chi connectivity index (χ2n) is 4.80. The molecule has 0 radical (unpaired) electrons. The Labute approximate surface area is 125 Å². The Balaban J connectivity index is 2.11. The summed E-state index contributed by atoms with van der Waals surface area (Å²) in [5.41, 5.74) is 2.65. The Morgan fingerprint density at radius 2 is 1.81 bits per heavy atom. The largest absolute Gasteiger partial charge is 0.496 e. The molecule has 1 N–H and O–H groups in total. The van der Waals surface area contributed by atoms with Crippen molar-refractivity contribution in [1.29, 1.82) is 0 Å².